The summed E-state index contributed by atoms with van der Waals surface area (Å²) in [5.41, 5.74) is 1.14. The van der Waals surface area contributed by atoms with Crippen LogP contribution < -0.4 is 10.5 Å². The summed E-state index contributed by atoms with van der Waals surface area (Å²) in [6.45, 7) is 0.460. The lowest BCUT2D eigenvalue weighted by Crippen LogP contribution is -2.24. The third kappa shape index (κ3) is 6.51. The van der Waals surface area contributed by atoms with Crippen LogP contribution in [0.25, 0.3) is 0 Å². The average molecular weight is 502 g/mol. The van der Waals surface area contributed by atoms with E-state index in [-0.39, 0.29) is 37.3 Å². The van der Waals surface area contributed by atoms with E-state index in [1.54, 1.807) is 11.0 Å². The van der Waals surface area contributed by atoms with Gasteiger partial charge in [0, 0.05) is 31.7 Å². The molecule has 9 nitrogen and oxygen atoms in total. The first-order chi connectivity index (χ1) is 15.6. The number of carbonyl (C=O) groups is 1. The molecular weight excluding hydrogens is 476 g/mol. The minimum Gasteiger partial charge on any atom is -0.367 e. The van der Waals surface area contributed by atoms with Crippen molar-refractivity contribution < 1.29 is 26.2 Å². The standard InChI is InChI=1S/C20H25F2N5O4S2/c21-20(22)3-4-27(11-20)8-14-6-17(32-10-14)18(28)16-7-24-12-25-19(16)26-15-2-1-13(5-15)9-31-33(23,29)30/h6-7,10,12-13,15H,1-5,8-9,11H2,(H2,23,29,30)(H,24,25,26)/t13?,15-/m0/s1. The lowest BCUT2D eigenvalue weighted by molar-refractivity contribution is 0.0115. The van der Waals surface area contributed by atoms with Gasteiger partial charge in [0.2, 0.25) is 5.78 Å². The quantitative estimate of drug-likeness (QED) is 0.502. The Hall–Kier alpha value is -2.06. The molecule has 33 heavy (non-hydrogen) atoms. The molecule has 3 heterocycles. The predicted octanol–water partition coefficient (Wildman–Crippen LogP) is 2.41. The van der Waals surface area contributed by atoms with E-state index >= 15 is 0 Å². The molecule has 1 unspecified atom stereocenters. The fraction of sp³-hybridized carbons (Fsp3) is 0.550. The zero-order valence-electron chi connectivity index (χ0n) is 17.7. The Morgan fingerprint density at radius 3 is 2.94 bits per heavy atom. The fourth-order valence-corrected chi connectivity index (χ4v) is 5.50. The van der Waals surface area contributed by atoms with E-state index in [1.807, 2.05) is 5.38 Å². The number of thiophene rings is 1. The number of anilines is 1. The number of carbonyl (C=O) groups excluding carboxylic acids is 1. The summed E-state index contributed by atoms with van der Waals surface area (Å²) in [7, 11) is -3.97. The van der Waals surface area contributed by atoms with Crippen molar-refractivity contribution in [1.29, 1.82) is 0 Å². The van der Waals surface area contributed by atoms with E-state index in [0.717, 1.165) is 18.4 Å². The fourth-order valence-electron chi connectivity index (χ4n) is 4.26. The second-order valence-electron chi connectivity index (χ2n) is 8.55. The summed E-state index contributed by atoms with van der Waals surface area (Å²) in [4.78, 5) is 23.5. The van der Waals surface area contributed by atoms with Crippen molar-refractivity contribution in [3.8, 4) is 0 Å². The van der Waals surface area contributed by atoms with Gasteiger partial charge in [0.15, 0.2) is 0 Å². The summed E-state index contributed by atoms with van der Waals surface area (Å²) < 4.78 is 53.5. The molecule has 13 heteroatoms. The Balaban J connectivity index is 1.38. The first-order valence-corrected chi connectivity index (χ1v) is 12.9. The van der Waals surface area contributed by atoms with Gasteiger partial charge in [0.25, 0.3) is 5.92 Å². The number of alkyl halides is 2. The highest BCUT2D eigenvalue weighted by Gasteiger charge is 2.38. The van der Waals surface area contributed by atoms with Gasteiger partial charge in [-0.15, -0.1) is 11.3 Å². The highest BCUT2D eigenvalue weighted by atomic mass is 32.2. The molecule has 1 aliphatic carbocycles. The summed E-state index contributed by atoms with van der Waals surface area (Å²) in [6, 6.07) is 1.73. The number of hydrogen-bond donors (Lipinski definition) is 2. The molecule has 2 aliphatic rings. The second kappa shape index (κ2) is 9.66. The first-order valence-electron chi connectivity index (χ1n) is 10.5. The summed E-state index contributed by atoms with van der Waals surface area (Å²) >= 11 is 1.26. The molecular formula is C20H25F2N5O4S2. The smallest absolute Gasteiger partial charge is 0.333 e. The maximum absolute atomic E-state index is 13.4. The third-order valence-electron chi connectivity index (χ3n) is 5.84. The number of rotatable bonds is 9. The largest absolute Gasteiger partial charge is 0.367 e. The lowest BCUT2D eigenvalue weighted by atomic mass is 10.1. The van der Waals surface area contributed by atoms with Crippen molar-refractivity contribution in [1.82, 2.24) is 14.9 Å². The van der Waals surface area contributed by atoms with Crippen molar-refractivity contribution in [3.63, 3.8) is 0 Å². The highest BCUT2D eigenvalue weighted by molar-refractivity contribution is 7.84. The van der Waals surface area contributed by atoms with Crippen LogP contribution >= 0.6 is 11.3 Å². The van der Waals surface area contributed by atoms with Gasteiger partial charge >= 0.3 is 10.3 Å². The SMILES string of the molecule is NS(=O)(=O)OCC1CC[C@H](Nc2ncncc2C(=O)c2cc(CN3CCC(F)(F)C3)cs2)C1. The van der Waals surface area contributed by atoms with E-state index in [4.69, 9.17) is 9.32 Å². The molecule has 4 rings (SSSR count). The predicted molar refractivity (Wildman–Crippen MR) is 118 cm³/mol. The van der Waals surface area contributed by atoms with Crippen molar-refractivity contribution in [2.75, 3.05) is 25.0 Å². The van der Waals surface area contributed by atoms with Crippen LogP contribution in [-0.4, -0.2) is 60.7 Å². The van der Waals surface area contributed by atoms with Crippen LogP contribution in [0.1, 0.15) is 46.5 Å². The average Bonchev–Trinajstić information content (AvgIpc) is 3.47. The van der Waals surface area contributed by atoms with E-state index in [9.17, 15) is 22.0 Å². The zero-order valence-corrected chi connectivity index (χ0v) is 19.4. The Labute approximate surface area is 194 Å². The number of halogens is 2. The molecule has 2 atom stereocenters. The second-order valence-corrected chi connectivity index (χ2v) is 10.7. The number of likely N-dealkylation sites (tertiary alicyclic amines) is 1. The number of nitrogens with two attached hydrogens (primary N) is 1. The third-order valence-corrected chi connectivity index (χ3v) is 7.28. The van der Waals surface area contributed by atoms with Crippen LogP contribution in [0.3, 0.4) is 0 Å². The van der Waals surface area contributed by atoms with E-state index < -0.39 is 16.2 Å². The van der Waals surface area contributed by atoms with Gasteiger partial charge < -0.3 is 5.32 Å². The molecule has 0 bridgehead atoms. The minimum atomic E-state index is -3.97. The van der Waals surface area contributed by atoms with Crippen LogP contribution in [0.15, 0.2) is 24.0 Å². The maximum atomic E-state index is 13.4. The number of ketones is 1. The Morgan fingerprint density at radius 2 is 2.21 bits per heavy atom. The van der Waals surface area contributed by atoms with Gasteiger partial charge in [-0.3, -0.25) is 13.9 Å². The molecule has 1 saturated carbocycles. The van der Waals surface area contributed by atoms with Crippen LogP contribution in [0.4, 0.5) is 14.6 Å². The number of hydrogen-bond acceptors (Lipinski definition) is 9. The topological polar surface area (TPSA) is 128 Å². The lowest BCUT2D eigenvalue weighted by Gasteiger charge is -2.16. The van der Waals surface area contributed by atoms with Crippen molar-refractivity contribution in [2.45, 2.75) is 44.2 Å². The van der Waals surface area contributed by atoms with Crippen molar-refractivity contribution in [3.05, 3.63) is 40.0 Å². The molecule has 3 N–H and O–H groups in total. The minimum absolute atomic E-state index is 0.00346. The Morgan fingerprint density at radius 1 is 1.39 bits per heavy atom. The molecule has 2 aromatic heterocycles. The van der Waals surface area contributed by atoms with E-state index in [1.165, 1.54) is 23.9 Å². The first kappa shape index (κ1) is 24.1. The molecule has 0 spiro atoms. The number of aromatic nitrogens is 2. The summed E-state index contributed by atoms with van der Waals surface area (Å²) in [5.74, 6) is -2.46. The van der Waals surface area contributed by atoms with Crippen molar-refractivity contribution >= 4 is 33.2 Å². The van der Waals surface area contributed by atoms with Gasteiger partial charge in [-0.2, -0.15) is 8.42 Å². The molecule has 0 amide bonds. The highest BCUT2D eigenvalue weighted by Crippen LogP contribution is 2.31. The van der Waals surface area contributed by atoms with Crippen LogP contribution in [0, 0.1) is 5.92 Å². The van der Waals surface area contributed by atoms with Gasteiger partial charge in [0.1, 0.15) is 12.1 Å². The number of nitrogens with zero attached hydrogens (tertiary/aromatic N) is 3. The molecule has 1 aliphatic heterocycles. The Bertz CT molecular complexity index is 1110. The van der Waals surface area contributed by atoms with E-state index in [2.05, 4.69) is 15.3 Å². The zero-order chi connectivity index (χ0) is 23.6. The molecule has 180 valence electrons. The van der Waals surface area contributed by atoms with Crippen LogP contribution in [0.5, 0.6) is 0 Å². The van der Waals surface area contributed by atoms with E-state index in [0.29, 0.717) is 35.8 Å². The summed E-state index contributed by atoms with van der Waals surface area (Å²) in [5, 5.41) is 9.96. The van der Waals surface area contributed by atoms with Crippen LogP contribution in [-0.2, 0) is 21.0 Å². The molecule has 2 fully saturated rings. The van der Waals surface area contributed by atoms with Gasteiger partial charge in [0.05, 0.1) is 23.6 Å². The summed E-state index contributed by atoms with van der Waals surface area (Å²) in [6.07, 6.45) is 4.83. The normalized spacial score (nSPS) is 23.1. The molecule has 1 saturated heterocycles. The van der Waals surface area contributed by atoms with Gasteiger partial charge in [-0.25, -0.2) is 23.9 Å². The molecule has 0 aromatic carbocycles. The number of nitrogens with one attached hydrogen (secondary N) is 1. The van der Waals surface area contributed by atoms with Gasteiger partial charge in [-0.05, 0) is 42.2 Å². The molecule has 2 aromatic rings. The van der Waals surface area contributed by atoms with Crippen molar-refractivity contribution in [2.24, 2.45) is 11.1 Å². The maximum Gasteiger partial charge on any atom is 0.333 e. The molecule has 0 radical (unpaired) electrons. The monoisotopic (exact) mass is 501 g/mol. The van der Waals surface area contributed by atoms with Gasteiger partial charge in [-0.1, -0.05) is 0 Å². The Kier molecular flexibility index (Phi) is 7.05. The van der Waals surface area contributed by atoms with Crippen LogP contribution in [0.2, 0.25) is 0 Å².